The average molecular weight is 236 g/mol. The number of hydrogen-bond acceptors (Lipinski definition) is 0. The molecule has 0 amide bonds. The maximum atomic E-state index is 2.38. The third kappa shape index (κ3) is 1.77. The minimum absolute atomic E-state index is 0.231. The van der Waals surface area contributed by atoms with E-state index in [4.69, 9.17) is 0 Å². The van der Waals surface area contributed by atoms with Crippen LogP contribution in [0, 0.1) is 18.3 Å². The summed E-state index contributed by atoms with van der Waals surface area (Å²) < 4.78 is 0. The van der Waals surface area contributed by atoms with Crippen LogP contribution in [-0.2, 0) is 0 Å². The van der Waals surface area contributed by atoms with Crippen LogP contribution in [0.4, 0.5) is 0 Å². The third-order valence-corrected chi connectivity index (χ3v) is 4.29. The van der Waals surface area contributed by atoms with Crippen LogP contribution in [0.25, 0.3) is 6.08 Å². The van der Waals surface area contributed by atoms with Crippen LogP contribution in [-0.4, -0.2) is 0 Å². The molecule has 2 aliphatic carbocycles. The minimum Gasteiger partial charge on any atom is -0.0797 e. The fourth-order valence-corrected chi connectivity index (χ4v) is 3.19. The van der Waals surface area contributed by atoms with Crippen molar-refractivity contribution in [3.63, 3.8) is 0 Å². The molecule has 0 fully saturated rings. The Kier molecular flexibility index (Phi) is 2.55. The summed E-state index contributed by atoms with van der Waals surface area (Å²) >= 11 is 0. The summed E-state index contributed by atoms with van der Waals surface area (Å²) in [4.78, 5) is 0. The number of aryl methyl sites for hydroxylation is 1. The van der Waals surface area contributed by atoms with Crippen molar-refractivity contribution in [3.05, 3.63) is 65.3 Å². The Balaban J connectivity index is 2.02. The van der Waals surface area contributed by atoms with E-state index in [1.807, 2.05) is 0 Å². The fourth-order valence-electron chi connectivity index (χ4n) is 3.19. The molecule has 1 aromatic rings. The van der Waals surface area contributed by atoms with Crippen LogP contribution in [0.15, 0.2) is 48.6 Å². The maximum Gasteiger partial charge on any atom is 0.00983 e. The highest BCUT2D eigenvalue weighted by Crippen LogP contribution is 2.46. The SMILES string of the molecule is Cc1ccc2c(c1)C(C1C=CC=CC1(C)C)C=C2. The molecule has 0 heteroatoms. The summed E-state index contributed by atoms with van der Waals surface area (Å²) in [5, 5.41) is 0. The largest absolute Gasteiger partial charge is 0.0797 e. The number of rotatable bonds is 1. The van der Waals surface area contributed by atoms with Gasteiger partial charge in [-0.05, 0) is 29.4 Å². The highest BCUT2D eigenvalue weighted by molar-refractivity contribution is 5.63. The van der Waals surface area contributed by atoms with Crippen LogP contribution >= 0.6 is 0 Å². The van der Waals surface area contributed by atoms with E-state index in [1.54, 1.807) is 0 Å². The Morgan fingerprint density at radius 3 is 2.67 bits per heavy atom. The van der Waals surface area contributed by atoms with Gasteiger partial charge in [-0.1, -0.05) is 74.1 Å². The summed E-state index contributed by atoms with van der Waals surface area (Å²) in [6.07, 6.45) is 13.7. The highest BCUT2D eigenvalue weighted by Gasteiger charge is 2.35. The molecular weight excluding hydrogens is 216 g/mol. The van der Waals surface area contributed by atoms with Gasteiger partial charge < -0.3 is 0 Å². The van der Waals surface area contributed by atoms with Crippen molar-refractivity contribution in [2.45, 2.75) is 26.7 Å². The summed E-state index contributed by atoms with van der Waals surface area (Å²) in [5.41, 5.74) is 4.47. The normalized spacial score (nSPS) is 27.5. The van der Waals surface area contributed by atoms with Crippen molar-refractivity contribution in [1.82, 2.24) is 0 Å². The number of hydrogen-bond donors (Lipinski definition) is 0. The van der Waals surface area contributed by atoms with E-state index in [1.165, 1.54) is 16.7 Å². The molecule has 0 radical (unpaired) electrons. The Morgan fingerprint density at radius 2 is 1.89 bits per heavy atom. The van der Waals surface area contributed by atoms with Gasteiger partial charge in [0.05, 0.1) is 0 Å². The lowest BCUT2D eigenvalue weighted by Gasteiger charge is -2.35. The summed E-state index contributed by atoms with van der Waals surface area (Å²) in [7, 11) is 0. The van der Waals surface area contributed by atoms with Crippen LogP contribution < -0.4 is 0 Å². The van der Waals surface area contributed by atoms with E-state index in [-0.39, 0.29) is 5.41 Å². The lowest BCUT2D eigenvalue weighted by Crippen LogP contribution is -2.26. The molecule has 1 aromatic carbocycles. The quantitative estimate of drug-likeness (QED) is 0.652. The molecule has 0 heterocycles. The first-order chi connectivity index (χ1) is 8.58. The molecule has 0 saturated carbocycles. The van der Waals surface area contributed by atoms with Gasteiger partial charge in [-0.2, -0.15) is 0 Å². The molecule has 18 heavy (non-hydrogen) atoms. The van der Waals surface area contributed by atoms with Gasteiger partial charge in [-0.25, -0.2) is 0 Å². The molecular formula is C18H20. The zero-order valence-corrected chi connectivity index (χ0v) is 11.4. The van der Waals surface area contributed by atoms with Gasteiger partial charge in [0.2, 0.25) is 0 Å². The molecule has 0 aliphatic heterocycles. The molecule has 0 spiro atoms. The Hall–Kier alpha value is -1.56. The van der Waals surface area contributed by atoms with Crippen molar-refractivity contribution in [2.24, 2.45) is 11.3 Å². The van der Waals surface area contributed by atoms with Gasteiger partial charge in [0.25, 0.3) is 0 Å². The predicted molar refractivity (Wildman–Crippen MR) is 78.5 cm³/mol. The van der Waals surface area contributed by atoms with Gasteiger partial charge in [0, 0.05) is 5.92 Å². The summed E-state index contributed by atoms with van der Waals surface area (Å²) in [5.74, 6) is 1.08. The van der Waals surface area contributed by atoms with E-state index in [0.717, 1.165) is 0 Å². The maximum absolute atomic E-state index is 2.38. The van der Waals surface area contributed by atoms with Gasteiger partial charge in [0.15, 0.2) is 0 Å². The predicted octanol–water partition coefficient (Wildman–Crippen LogP) is 4.87. The Labute approximate surface area is 110 Å². The first-order valence-corrected chi connectivity index (χ1v) is 6.73. The number of fused-ring (bicyclic) bond motifs is 1. The van der Waals surface area contributed by atoms with Crippen molar-refractivity contribution in [1.29, 1.82) is 0 Å². The van der Waals surface area contributed by atoms with Crippen LogP contribution in [0.1, 0.15) is 36.5 Å². The Morgan fingerprint density at radius 1 is 1.06 bits per heavy atom. The highest BCUT2D eigenvalue weighted by atomic mass is 14.4. The van der Waals surface area contributed by atoms with Gasteiger partial charge in [-0.3, -0.25) is 0 Å². The van der Waals surface area contributed by atoms with E-state index < -0.39 is 0 Å². The zero-order valence-electron chi connectivity index (χ0n) is 11.4. The van der Waals surface area contributed by atoms with Crippen molar-refractivity contribution in [3.8, 4) is 0 Å². The molecule has 0 nitrogen and oxygen atoms in total. The monoisotopic (exact) mass is 236 g/mol. The zero-order chi connectivity index (χ0) is 12.8. The molecule has 2 unspecified atom stereocenters. The molecule has 2 aliphatic rings. The molecule has 92 valence electrons. The van der Waals surface area contributed by atoms with Gasteiger partial charge in [0.1, 0.15) is 0 Å². The smallest absolute Gasteiger partial charge is 0.00983 e. The standard InChI is InChI=1S/C18H20/c1-13-7-8-14-9-10-15(16(14)12-13)17-6-4-5-11-18(17,2)3/h4-12,15,17H,1-3H3. The second kappa shape index (κ2) is 3.98. The second-order valence-corrected chi connectivity index (χ2v) is 6.11. The fraction of sp³-hybridized carbons (Fsp3) is 0.333. The van der Waals surface area contributed by atoms with Crippen LogP contribution in [0.2, 0.25) is 0 Å². The molecule has 0 aromatic heterocycles. The van der Waals surface area contributed by atoms with Gasteiger partial charge >= 0.3 is 0 Å². The third-order valence-electron chi connectivity index (χ3n) is 4.29. The summed E-state index contributed by atoms with van der Waals surface area (Å²) in [6.45, 7) is 6.84. The van der Waals surface area contributed by atoms with E-state index >= 15 is 0 Å². The number of allylic oxidation sites excluding steroid dienone is 5. The van der Waals surface area contributed by atoms with E-state index in [9.17, 15) is 0 Å². The van der Waals surface area contributed by atoms with Crippen LogP contribution in [0.3, 0.4) is 0 Å². The van der Waals surface area contributed by atoms with E-state index in [0.29, 0.717) is 11.8 Å². The topological polar surface area (TPSA) is 0 Å². The lowest BCUT2D eigenvalue weighted by molar-refractivity contribution is 0.316. The minimum atomic E-state index is 0.231. The Bertz CT molecular complexity index is 555. The first-order valence-electron chi connectivity index (χ1n) is 6.73. The van der Waals surface area contributed by atoms with Crippen molar-refractivity contribution < 1.29 is 0 Å². The van der Waals surface area contributed by atoms with Crippen LogP contribution in [0.5, 0.6) is 0 Å². The molecule has 0 N–H and O–H groups in total. The van der Waals surface area contributed by atoms with E-state index in [2.05, 4.69) is 75.4 Å². The lowest BCUT2D eigenvalue weighted by atomic mass is 9.68. The molecule has 3 rings (SSSR count). The molecule has 0 saturated heterocycles. The number of benzene rings is 1. The van der Waals surface area contributed by atoms with Gasteiger partial charge in [-0.15, -0.1) is 0 Å². The summed E-state index contributed by atoms with van der Waals surface area (Å²) in [6, 6.07) is 6.80. The molecule has 2 atom stereocenters. The average Bonchev–Trinajstić information content (AvgIpc) is 2.71. The second-order valence-electron chi connectivity index (χ2n) is 6.11. The van der Waals surface area contributed by atoms with Crippen molar-refractivity contribution in [2.75, 3.05) is 0 Å². The van der Waals surface area contributed by atoms with Crippen molar-refractivity contribution >= 4 is 6.08 Å². The molecule has 0 bridgehead atoms. The first kappa shape index (κ1) is 11.5.